The molecule has 0 atom stereocenters. The topological polar surface area (TPSA) is 101 Å². The van der Waals surface area contributed by atoms with Gasteiger partial charge in [-0.3, -0.25) is 4.72 Å². The molecule has 0 amide bonds. The highest BCUT2D eigenvalue weighted by molar-refractivity contribution is 7.90. The Balaban J connectivity index is 2.18. The second-order valence-corrected chi connectivity index (χ2v) is 9.84. The van der Waals surface area contributed by atoms with E-state index in [1.807, 2.05) is 20.0 Å². The predicted octanol–water partition coefficient (Wildman–Crippen LogP) is 4.20. The van der Waals surface area contributed by atoms with Gasteiger partial charge < -0.3 is 14.1 Å². The molecule has 10 heteroatoms. The molecule has 0 saturated heterocycles. The first-order valence-corrected chi connectivity index (χ1v) is 12.5. The van der Waals surface area contributed by atoms with Crippen molar-refractivity contribution in [3.63, 3.8) is 0 Å². The number of fused-ring (bicyclic) bond motifs is 1. The number of halogens is 1. The third-order valence-electron chi connectivity index (χ3n) is 5.68. The molecule has 3 rings (SSSR count). The van der Waals surface area contributed by atoms with Crippen molar-refractivity contribution < 1.29 is 17.6 Å². The van der Waals surface area contributed by atoms with E-state index in [1.165, 1.54) is 13.3 Å². The fraction of sp³-hybridized carbons (Fsp3) is 0.292. The number of anilines is 1. The molecule has 0 aliphatic heterocycles. The van der Waals surface area contributed by atoms with Gasteiger partial charge >= 0.3 is 5.63 Å². The number of nitrogens with one attached hydrogen (secondary N) is 2. The number of nitrogens with zero attached hydrogens (tertiary/aromatic N) is 1. The standard InChI is InChI=1S/C24H28ClN3O5S/c1-6-28(5)14-19-17-12-20(25)23(32-7-2)13-22(17)33-24(29)18(19)11-16-9-8-10-21(15(16)3)27-34(30,31)26-4/h7-10,12-13,26-27H,2,6,11,14H2,1,3-5H3. The van der Waals surface area contributed by atoms with Gasteiger partial charge in [0.1, 0.15) is 11.3 Å². The molecular formula is C24H28ClN3O5S. The SMILES string of the molecule is C=COc1cc2oc(=O)c(Cc3cccc(NS(=O)(=O)NC)c3C)c(CN(C)CC)c2cc1Cl. The Morgan fingerprint density at radius 1 is 1.26 bits per heavy atom. The minimum Gasteiger partial charge on any atom is -0.464 e. The highest BCUT2D eigenvalue weighted by atomic mass is 35.5. The van der Waals surface area contributed by atoms with E-state index in [9.17, 15) is 13.2 Å². The average Bonchev–Trinajstić information content (AvgIpc) is 2.79. The first kappa shape index (κ1) is 25.8. The lowest BCUT2D eigenvalue weighted by Gasteiger charge is -2.19. The largest absolute Gasteiger partial charge is 0.464 e. The number of hydrogen-bond acceptors (Lipinski definition) is 6. The van der Waals surface area contributed by atoms with E-state index in [-0.39, 0.29) is 6.42 Å². The molecular weight excluding hydrogens is 478 g/mol. The molecule has 0 fully saturated rings. The first-order chi connectivity index (χ1) is 16.1. The first-order valence-electron chi connectivity index (χ1n) is 10.6. The molecule has 3 aromatic rings. The van der Waals surface area contributed by atoms with Crippen molar-refractivity contribution in [1.82, 2.24) is 9.62 Å². The van der Waals surface area contributed by atoms with Crippen LogP contribution >= 0.6 is 11.6 Å². The van der Waals surface area contributed by atoms with Crippen LogP contribution < -0.4 is 19.8 Å². The normalized spacial score (nSPS) is 11.7. The zero-order valence-corrected chi connectivity index (χ0v) is 21.1. The smallest absolute Gasteiger partial charge is 0.340 e. The molecule has 0 aliphatic carbocycles. The summed E-state index contributed by atoms with van der Waals surface area (Å²) >= 11 is 6.42. The molecule has 182 valence electrons. The monoisotopic (exact) mass is 505 g/mol. The Labute approximate surface area is 204 Å². The van der Waals surface area contributed by atoms with E-state index in [4.69, 9.17) is 20.8 Å². The molecule has 0 bridgehead atoms. The molecule has 0 saturated carbocycles. The fourth-order valence-corrected chi connectivity index (χ4v) is 4.42. The van der Waals surface area contributed by atoms with Crippen molar-refractivity contribution in [1.29, 1.82) is 0 Å². The van der Waals surface area contributed by atoms with Crippen molar-refractivity contribution in [3.05, 3.63) is 80.9 Å². The minimum atomic E-state index is -3.68. The van der Waals surface area contributed by atoms with Gasteiger partial charge in [-0.1, -0.05) is 37.2 Å². The predicted molar refractivity (Wildman–Crippen MR) is 136 cm³/mol. The van der Waals surface area contributed by atoms with Gasteiger partial charge in [-0.05, 0) is 49.3 Å². The Morgan fingerprint density at radius 2 is 2.00 bits per heavy atom. The summed E-state index contributed by atoms with van der Waals surface area (Å²) in [4.78, 5) is 15.2. The zero-order chi connectivity index (χ0) is 25.0. The maximum Gasteiger partial charge on any atom is 0.340 e. The molecule has 0 aliphatic rings. The van der Waals surface area contributed by atoms with E-state index in [0.717, 1.165) is 17.7 Å². The van der Waals surface area contributed by atoms with E-state index >= 15 is 0 Å². The summed E-state index contributed by atoms with van der Waals surface area (Å²) in [5.74, 6) is 0.343. The van der Waals surface area contributed by atoms with Crippen molar-refractivity contribution in [2.75, 3.05) is 25.4 Å². The summed E-state index contributed by atoms with van der Waals surface area (Å²) in [6.07, 6.45) is 1.51. The minimum absolute atomic E-state index is 0.259. The van der Waals surface area contributed by atoms with Gasteiger partial charge in [0.05, 0.1) is 17.0 Å². The van der Waals surface area contributed by atoms with Gasteiger partial charge in [0.15, 0.2) is 0 Å². The molecule has 0 radical (unpaired) electrons. The second kappa shape index (κ2) is 10.6. The van der Waals surface area contributed by atoms with Gasteiger partial charge in [0.2, 0.25) is 0 Å². The molecule has 2 N–H and O–H groups in total. The Kier molecular flexibility index (Phi) is 8.04. The lowest BCUT2D eigenvalue weighted by atomic mass is 9.95. The average molecular weight is 506 g/mol. The van der Waals surface area contributed by atoms with Crippen molar-refractivity contribution >= 4 is 38.5 Å². The van der Waals surface area contributed by atoms with Crippen LogP contribution in [0.25, 0.3) is 11.0 Å². The highest BCUT2D eigenvalue weighted by Gasteiger charge is 2.20. The van der Waals surface area contributed by atoms with Crippen molar-refractivity contribution in [2.24, 2.45) is 0 Å². The quantitative estimate of drug-likeness (QED) is 0.316. The van der Waals surface area contributed by atoms with E-state index in [0.29, 0.717) is 45.1 Å². The molecule has 1 aromatic heterocycles. The maximum absolute atomic E-state index is 13.2. The summed E-state index contributed by atoms with van der Waals surface area (Å²) in [5, 5.41) is 1.08. The number of rotatable bonds is 10. The van der Waals surface area contributed by atoms with Gasteiger partial charge in [-0.25, -0.2) is 9.52 Å². The molecule has 0 unspecified atom stereocenters. The van der Waals surface area contributed by atoms with E-state index in [2.05, 4.69) is 20.9 Å². The number of hydrogen-bond donors (Lipinski definition) is 2. The van der Waals surface area contributed by atoms with Crippen LogP contribution in [0.2, 0.25) is 5.02 Å². The second-order valence-electron chi connectivity index (χ2n) is 7.82. The van der Waals surface area contributed by atoms with Crippen LogP contribution in [0.4, 0.5) is 5.69 Å². The summed E-state index contributed by atoms with van der Waals surface area (Å²) in [5.41, 5.74) is 3.10. The summed E-state index contributed by atoms with van der Waals surface area (Å²) < 4.78 is 39.7. The third kappa shape index (κ3) is 5.61. The number of ether oxygens (including phenoxy) is 1. The van der Waals surface area contributed by atoms with Crippen molar-refractivity contribution in [2.45, 2.75) is 26.8 Å². The zero-order valence-electron chi connectivity index (χ0n) is 19.6. The van der Waals surface area contributed by atoms with Crippen LogP contribution in [0.5, 0.6) is 5.75 Å². The molecule has 0 spiro atoms. The molecule has 1 heterocycles. The van der Waals surface area contributed by atoms with E-state index in [1.54, 1.807) is 31.2 Å². The van der Waals surface area contributed by atoms with Gasteiger partial charge in [-0.15, -0.1) is 0 Å². The summed E-state index contributed by atoms with van der Waals surface area (Å²) in [6.45, 7) is 8.64. The van der Waals surface area contributed by atoms with E-state index < -0.39 is 15.8 Å². The lowest BCUT2D eigenvalue weighted by Crippen LogP contribution is -2.27. The molecule has 2 aromatic carbocycles. The van der Waals surface area contributed by atoms with Crippen LogP contribution in [0.3, 0.4) is 0 Å². The summed E-state index contributed by atoms with van der Waals surface area (Å²) in [6, 6.07) is 8.58. The Hall–Kier alpha value is -2.85. The van der Waals surface area contributed by atoms with Gasteiger partial charge in [0, 0.05) is 37.0 Å². The number of benzene rings is 2. The van der Waals surface area contributed by atoms with Crippen LogP contribution in [0, 0.1) is 6.92 Å². The van der Waals surface area contributed by atoms with Crippen LogP contribution in [-0.4, -0.2) is 34.0 Å². The van der Waals surface area contributed by atoms with Crippen molar-refractivity contribution in [3.8, 4) is 5.75 Å². The molecule has 34 heavy (non-hydrogen) atoms. The highest BCUT2D eigenvalue weighted by Crippen LogP contribution is 2.33. The summed E-state index contributed by atoms with van der Waals surface area (Å²) in [7, 11) is -0.397. The fourth-order valence-electron chi connectivity index (χ4n) is 3.60. The lowest BCUT2D eigenvalue weighted by molar-refractivity contribution is 0.344. The Bertz CT molecular complexity index is 1390. The van der Waals surface area contributed by atoms with Crippen LogP contribution in [0.1, 0.15) is 29.2 Å². The third-order valence-corrected chi connectivity index (χ3v) is 7.00. The molecule has 8 nitrogen and oxygen atoms in total. The van der Waals surface area contributed by atoms with Gasteiger partial charge in [-0.2, -0.15) is 8.42 Å². The van der Waals surface area contributed by atoms with Crippen LogP contribution in [-0.2, 0) is 23.2 Å². The Morgan fingerprint density at radius 3 is 2.65 bits per heavy atom. The van der Waals surface area contributed by atoms with Crippen LogP contribution in [0.15, 0.2) is 52.4 Å². The maximum atomic E-state index is 13.2. The van der Waals surface area contributed by atoms with Gasteiger partial charge in [0.25, 0.3) is 10.2 Å².